The van der Waals surface area contributed by atoms with Crippen molar-refractivity contribution in [3.8, 4) is 0 Å². The fourth-order valence-electron chi connectivity index (χ4n) is 2.88. The molecule has 0 aromatic heterocycles. The number of imide groups is 1. The second-order valence-electron chi connectivity index (χ2n) is 4.66. The van der Waals surface area contributed by atoms with Crippen molar-refractivity contribution in [3.63, 3.8) is 0 Å². The first-order valence-corrected chi connectivity index (χ1v) is 6.09. The van der Waals surface area contributed by atoms with E-state index in [0.29, 0.717) is 12.8 Å². The van der Waals surface area contributed by atoms with Gasteiger partial charge in [0.15, 0.2) is 0 Å². The van der Waals surface area contributed by atoms with Gasteiger partial charge in [0, 0.05) is 12.8 Å². The van der Waals surface area contributed by atoms with Crippen LogP contribution in [0.15, 0.2) is 0 Å². The molecule has 0 bridgehead atoms. The van der Waals surface area contributed by atoms with Gasteiger partial charge in [-0.2, -0.15) is 0 Å². The number of nitrogens with zero attached hydrogens (tertiary/aromatic N) is 1. The Morgan fingerprint density at radius 2 is 1.94 bits per heavy atom. The van der Waals surface area contributed by atoms with Crippen molar-refractivity contribution in [3.05, 3.63) is 0 Å². The van der Waals surface area contributed by atoms with Crippen molar-refractivity contribution in [2.75, 3.05) is 0 Å². The van der Waals surface area contributed by atoms with E-state index in [1.54, 1.807) is 0 Å². The highest BCUT2D eigenvalue weighted by Crippen LogP contribution is 2.47. The van der Waals surface area contributed by atoms with Gasteiger partial charge in [0.1, 0.15) is 5.60 Å². The largest absolute Gasteiger partial charge is 0.364 e. The molecule has 3 unspecified atom stereocenters. The molecule has 2 fully saturated rings. The van der Waals surface area contributed by atoms with Crippen molar-refractivity contribution < 1.29 is 14.3 Å². The molecule has 2 rings (SSSR count). The number of hydrogen-bond donors (Lipinski definition) is 0. The van der Waals surface area contributed by atoms with Gasteiger partial charge in [0.25, 0.3) is 0 Å². The van der Waals surface area contributed by atoms with Gasteiger partial charge in [-0.05, 0) is 19.8 Å². The van der Waals surface area contributed by atoms with Gasteiger partial charge in [-0.1, -0.05) is 13.8 Å². The Kier molecular flexibility index (Phi) is 2.78. The van der Waals surface area contributed by atoms with Crippen molar-refractivity contribution >= 4 is 11.8 Å². The number of likely N-dealkylation sites (tertiary alicyclic amines) is 1. The normalized spacial score (nSPS) is 35.7. The highest BCUT2D eigenvalue weighted by Gasteiger charge is 2.60. The van der Waals surface area contributed by atoms with E-state index in [0.717, 1.165) is 12.8 Å². The van der Waals surface area contributed by atoms with Crippen LogP contribution >= 0.6 is 0 Å². The molecule has 0 spiro atoms. The van der Waals surface area contributed by atoms with Crippen LogP contribution in [0.3, 0.4) is 0 Å². The van der Waals surface area contributed by atoms with Gasteiger partial charge < -0.3 is 4.74 Å². The molecular formula is C12H19NO3. The van der Waals surface area contributed by atoms with E-state index >= 15 is 0 Å². The van der Waals surface area contributed by atoms with Crippen LogP contribution in [-0.2, 0) is 14.3 Å². The lowest BCUT2D eigenvalue weighted by Crippen LogP contribution is -2.47. The zero-order valence-electron chi connectivity index (χ0n) is 10.2. The van der Waals surface area contributed by atoms with Gasteiger partial charge in [-0.3, -0.25) is 14.5 Å². The number of epoxide rings is 1. The third-order valence-electron chi connectivity index (χ3n) is 3.96. The van der Waals surface area contributed by atoms with E-state index in [9.17, 15) is 9.59 Å². The molecule has 0 aromatic carbocycles. The lowest BCUT2D eigenvalue weighted by Gasteiger charge is -2.28. The van der Waals surface area contributed by atoms with Crippen LogP contribution in [0, 0.1) is 0 Å². The van der Waals surface area contributed by atoms with Crippen molar-refractivity contribution in [2.45, 2.75) is 64.2 Å². The monoisotopic (exact) mass is 225 g/mol. The second-order valence-corrected chi connectivity index (χ2v) is 4.66. The Morgan fingerprint density at radius 3 is 2.31 bits per heavy atom. The first-order chi connectivity index (χ1) is 7.56. The van der Waals surface area contributed by atoms with Gasteiger partial charge in [0.05, 0.1) is 12.1 Å². The minimum Gasteiger partial charge on any atom is -0.364 e. The standard InChI is InChI=1S/C12H19NO3/c1-4-9-12(5-2,16-9)8(3)13-10(14)6-7-11(13)15/h8-9H,4-7H2,1-3H3. The number of carbonyl (C=O) groups is 2. The predicted octanol–water partition coefficient (Wildman–Crippen LogP) is 1.48. The maximum absolute atomic E-state index is 11.7. The summed E-state index contributed by atoms with van der Waals surface area (Å²) in [7, 11) is 0. The lowest BCUT2D eigenvalue weighted by atomic mass is 9.92. The van der Waals surface area contributed by atoms with E-state index in [2.05, 4.69) is 13.8 Å². The van der Waals surface area contributed by atoms with Crippen molar-refractivity contribution in [1.82, 2.24) is 4.90 Å². The smallest absolute Gasteiger partial charge is 0.230 e. The maximum Gasteiger partial charge on any atom is 0.230 e. The maximum atomic E-state index is 11.7. The zero-order valence-corrected chi connectivity index (χ0v) is 10.2. The summed E-state index contributed by atoms with van der Waals surface area (Å²) in [5.74, 6) is -0.0913. The molecule has 0 radical (unpaired) electrons. The average Bonchev–Trinajstić information content (AvgIpc) is 2.93. The number of rotatable bonds is 4. The Hall–Kier alpha value is -0.900. The van der Waals surface area contributed by atoms with Crippen LogP contribution in [0.1, 0.15) is 46.5 Å². The van der Waals surface area contributed by atoms with Crippen LogP contribution in [0.25, 0.3) is 0 Å². The number of ether oxygens (including phenoxy) is 1. The summed E-state index contributed by atoms with van der Waals surface area (Å²) in [5, 5.41) is 0. The highest BCUT2D eigenvalue weighted by atomic mass is 16.6. The summed E-state index contributed by atoms with van der Waals surface area (Å²) >= 11 is 0. The Labute approximate surface area is 95.9 Å². The van der Waals surface area contributed by atoms with E-state index in [4.69, 9.17) is 4.74 Å². The SMILES string of the molecule is CCC1OC1(CC)C(C)N1C(=O)CCC1=O. The van der Waals surface area contributed by atoms with Crippen LogP contribution in [0.4, 0.5) is 0 Å². The summed E-state index contributed by atoms with van der Waals surface area (Å²) in [4.78, 5) is 24.7. The minimum absolute atomic E-state index is 0.0457. The predicted molar refractivity (Wildman–Crippen MR) is 58.7 cm³/mol. The van der Waals surface area contributed by atoms with Gasteiger partial charge in [0.2, 0.25) is 11.8 Å². The Bertz CT molecular complexity index is 312. The van der Waals surface area contributed by atoms with Gasteiger partial charge in [-0.15, -0.1) is 0 Å². The Balaban J connectivity index is 2.15. The van der Waals surface area contributed by atoms with E-state index < -0.39 is 0 Å². The second kappa shape index (κ2) is 3.84. The minimum atomic E-state index is -0.273. The summed E-state index contributed by atoms with van der Waals surface area (Å²) < 4.78 is 5.73. The summed E-state index contributed by atoms with van der Waals surface area (Å²) in [6, 6.07) is -0.120. The molecule has 2 aliphatic heterocycles. The quantitative estimate of drug-likeness (QED) is 0.538. The molecule has 2 aliphatic rings. The molecule has 4 heteroatoms. The molecular weight excluding hydrogens is 206 g/mol. The first-order valence-electron chi connectivity index (χ1n) is 6.09. The van der Waals surface area contributed by atoms with E-state index in [-0.39, 0.29) is 29.6 Å². The zero-order chi connectivity index (χ0) is 11.9. The molecule has 0 N–H and O–H groups in total. The summed E-state index contributed by atoms with van der Waals surface area (Å²) in [6.45, 7) is 6.06. The molecule has 3 atom stereocenters. The molecule has 0 saturated carbocycles. The third-order valence-corrected chi connectivity index (χ3v) is 3.96. The number of carbonyl (C=O) groups excluding carboxylic acids is 2. The van der Waals surface area contributed by atoms with Gasteiger partial charge >= 0.3 is 0 Å². The van der Waals surface area contributed by atoms with Crippen molar-refractivity contribution in [1.29, 1.82) is 0 Å². The molecule has 0 aliphatic carbocycles. The molecule has 90 valence electrons. The summed E-state index contributed by atoms with van der Waals surface area (Å²) in [6.07, 6.45) is 2.71. The molecule has 2 amide bonds. The molecule has 4 nitrogen and oxygen atoms in total. The molecule has 0 aromatic rings. The molecule has 16 heavy (non-hydrogen) atoms. The summed E-state index contributed by atoms with van der Waals surface area (Å²) in [5.41, 5.74) is -0.273. The van der Waals surface area contributed by atoms with E-state index in [1.807, 2.05) is 6.92 Å². The van der Waals surface area contributed by atoms with Crippen molar-refractivity contribution in [2.24, 2.45) is 0 Å². The molecule has 2 saturated heterocycles. The van der Waals surface area contributed by atoms with Gasteiger partial charge in [-0.25, -0.2) is 0 Å². The van der Waals surface area contributed by atoms with Crippen LogP contribution in [0.5, 0.6) is 0 Å². The molecule has 2 heterocycles. The van der Waals surface area contributed by atoms with Crippen LogP contribution in [-0.4, -0.2) is 34.5 Å². The average molecular weight is 225 g/mol. The lowest BCUT2D eigenvalue weighted by molar-refractivity contribution is -0.142. The number of amides is 2. The fourth-order valence-corrected chi connectivity index (χ4v) is 2.88. The fraction of sp³-hybridized carbons (Fsp3) is 0.833. The topological polar surface area (TPSA) is 49.9 Å². The van der Waals surface area contributed by atoms with Crippen LogP contribution < -0.4 is 0 Å². The third kappa shape index (κ3) is 1.47. The van der Waals surface area contributed by atoms with E-state index in [1.165, 1.54) is 4.90 Å². The number of hydrogen-bond acceptors (Lipinski definition) is 3. The first kappa shape index (κ1) is 11.6. The highest BCUT2D eigenvalue weighted by molar-refractivity contribution is 6.02. The van der Waals surface area contributed by atoms with Crippen LogP contribution in [0.2, 0.25) is 0 Å². The Morgan fingerprint density at radius 1 is 1.38 bits per heavy atom.